The Morgan fingerprint density at radius 3 is 2.81 bits per heavy atom. The van der Waals surface area contributed by atoms with Crippen molar-refractivity contribution in [2.24, 2.45) is 0 Å². The fraction of sp³-hybridized carbons (Fsp3) is 0.0500. The molecule has 0 bridgehead atoms. The standard InChI is InChI=1S/C20H15ClFN5/c1-11(2)14-9-24-17(13-7-12(21)3-4-15(13)22)8-18(14)27-16-5-6-23-20-19(16)25-10-26-20/h3-10H,1H2,2H3,(H2,23,24,25,26,27). The highest BCUT2D eigenvalue weighted by Gasteiger charge is 2.13. The van der Waals surface area contributed by atoms with Crippen molar-refractivity contribution >= 4 is 39.7 Å². The number of hydrogen-bond acceptors (Lipinski definition) is 4. The van der Waals surface area contributed by atoms with Gasteiger partial charge in [-0.25, -0.2) is 14.4 Å². The molecule has 134 valence electrons. The van der Waals surface area contributed by atoms with E-state index in [1.165, 1.54) is 12.1 Å². The number of allylic oxidation sites excluding steroid dienone is 1. The fourth-order valence-corrected chi connectivity index (χ4v) is 3.01. The van der Waals surface area contributed by atoms with E-state index in [4.69, 9.17) is 11.6 Å². The van der Waals surface area contributed by atoms with Crippen LogP contribution in [0.25, 0.3) is 28.0 Å². The number of halogens is 2. The lowest BCUT2D eigenvalue weighted by Gasteiger charge is -2.14. The molecular formula is C20H15ClFN5. The van der Waals surface area contributed by atoms with Crippen molar-refractivity contribution in [3.05, 3.63) is 72.0 Å². The summed E-state index contributed by atoms with van der Waals surface area (Å²) in [6, 6.07) is 7.99. The topological polar surface area (TPSA) is 66.5 Å². The van der Waals surface area contributed by atoms with Crippen molar-refractivity contribution in [1.29, 1.82) is 0 Å². The summed E-state index contributed by atoms with van der Waals surface area (Å²) in [5.74, 6) is -0.389. The normalized spacial score (nSPS) is 10.9. The molecule has 1 aromatic carbocycles. The summed E-state index contributed by atoms with van der Waals surface area (Å²) in [5.41, 5.74) is 5.34. The van der Waals surface area contributed by atoms with Crippen molar-refractivity contribution in [2.45, 2.75) is 6.92 Å². The molecule has 0 atom stereocenters. The second kappa shape index (κ2) is 6.81. The fourth-order valence-electron chi connectivity index (χ4n) is 2.83. The van der Waals surface area contributed by atoms with Crippen LogP contribution < -0.4 is 5.32 Å². The lowest BCUT2D eigenvalue weighted by Crippen LogP contribution is -1.99. The van der Waals surface area contributed by atoms with Crippen LogP contribution in [0, 0.1) is 5.82 Å². The Balaban J connectivity index is 1.84. The molecule has 0 radical (unpaired) electrons. The van der Waals surface area contributed by atoms with Crippen molar-refractivity contribution in [3.63, 3.8) is 0 Å². The maximum absolute atomic E-state index is 14.3. The summed E-state index contributed by atoms with van der Waals surface area (Å²) in [4.78, 5) is 15.9. The Hall–Kier alpha value is -3.25. The van der Waals surface area contributed by atoms with E-state index in [9.17, 15) is 4.39 Å². The zero-order valence-electron chi connectivity index (χ0n) is 14.4. The number of aromatic nitrogens is 4. The molecule has 0 unspecified atom stereocenters. The molecule has 7 heteroatoms. The summed E-state index contributed by atoms with van der Waals surface area (Å²) >= 11 is 6.03. The van der Waals surface area contributed by atoms with Gasteiger partial charge in [-0.05, 0) is 42.8 Å². The highest BCUT2D eigenvalue weighted by Crippen LogP contribution is 2.32. The smallest absolute Gasteiger partial charge is 0.159 e. The Bertz CT molecular complexity index is 1170. The van der Waals surface area contributed by atoms with E-state index < -0.39 is 0 Å². The number of benzene rings is 1. The monoisotopic (exact) mass is 379 g/mol. The number of fused-ring (bicyclic) bond motifs is 1. The van der Waals surface area contributed by atoms with E-state index in [0.29, 0.717) is 27.4 Å². The van der Waals surface area contributed by atoms with Gasteiger partial charge in [0.2, 0.25) is 0 Å². The van der Waals surface area contributed by atoms with E-state index in [2.05, 4.69) is 31.8 Å². The largest absolute Gasteiger partial charge is 0.353 e. The molecular weight excluding hydrogens is 365 g/mol. The Labute approximate surface area is 160 Å². The summed E-state index contributed by atoms with van der Waals surface area (Å²) in [6.07, 6.45) is 4.94. The van der Waals surface area contributed by atoms with Gasteiger partial charge in [-0.2, -0.15) is 0 Å². The van der Waals surface area contributed by atoms with Gasteiger partial charge in [-0.1, -0.05) is 18.2 Å². The van der Waals surface area contributed by atoms with Gasteiger partial charge in [0.15, 0.2) is 5.65 Å². The van der Waals surface area contributed by atoms with Crippen LogP contribution in [0.5, 0.6) is 0 Å². The lowest BCUT2D eigenvalue weighted by atomic mass is 10.0. The molecule has 0 amide bonds. The molecule has 4 rings (SSSR count). The van der Waals surface area contributed by atoms with Crippen LogP contribution in [0.4, 0.5) is 15.8 Å². The average molecular weight is 380 g/mol. The number of nitrogens with one attached hydrogen (secondary N) is 2. The van der Waals surface area contributed by atoms with Crippen LogP contribution in [0.1, 0.15) is 12.5 Å². The van der Waals surface area contributed by atoms with Gasteiger partial charge in [0.05, 0.1) is 17.7 Å². The summed E-state index contributed by atoms with van der Waals surface area (Å²) in [7, 11) is 0. The van der Waals surface area contributed by atoms with Crippen LogP contribution in [-0.4, -0.2) is 19.9 Å². The first-order valence-corrected chi connectivity index (χ1v) is 8.57. The first-order chi connectivity index (χ1) is 13.0. The third-order valence-electron chi connectivity index (χ3n) is 4.16. The SMILES string of the molecule is C=C(C)c1cnc(-c2cc(Cl)ccc2F)cc1Nc1ccnc2[nH]cnc12. The molecule has 2 N–H and O–H groups in total. The quantitative estimate of drug-likeness (QED) is 0.485. The van der Waals surface area contributed by atoms with Gasteiger partial charge in [-0.3, -0.25) is 4.98 Å². The maximum atomic E-state index is 14.3. The molecule has 0 aliphatic carbocycles. The third kappa shape index (κ3) is 3.27. The summed E-state index contributed by atoms with van der Waals surface area (Å²) in [5, 5.41) is 3.79. The minimum atomic E-state index is -0.389. The number of rotatable bonds is 4. The number of H-pyrrole nitrogens is 1. The first kappa shape index (κ1) is 17.2. The van der Waals surface area contributed by atoms with Crippen LogP contribution >= 0.6 is 11.6 Å². The maximum Gasteiger partial charge on any atom is 0.159 e. The molecule has 5 nitrogen and oxygen atoms in total. The van der Waals surface area contributed by atoms with E-state index in [1.54, 1.807) is 30.9 Å². The molecule has 3 aromatic heterocycles. The Morgan fingerprint density at radius 2 is 2.00 bits per heavy atom. The zero-order valence-corrected chi connectivity index (χ0v) is 15.2. The molecule has 0 aliphatic rings. The predicted octanol–water partition coefficient (Wildman–Crippen LogP) is 5.59. The number of imidazole rings is 1. The minimum absolute atomic E-state index is 0.332. The number of aromatic amines is 1. The average Bonchev–Trinajstić information content (AvgIpc) is 3.13. The summed E-state index contributed by atoms with van der Waals surface area (Å²) in [6.45, 7) is 5.89. The van der Waals surface area contributed by atoms with Gasteiger partial charge in [0.1, 0.15) is 11.3 Å². The highest BCUT2D eigenvalue weighted by molar-refractivity contribution is 6.30. The molecule has 0 saturated carbocycles. The zero-order chi connectivity index (χ0) is 19.0. The van der Waals surface area contributed by atoms with Crippen LogP contribution in [0.2, 0.25) is 5.02 Å². The van der Waals surface area contributed by atoms with Gasteiger partial charge in [0, 0.05) is 34.2 Å². The minimum Gasteiger partial charge on any atom is -0.353 e. The van der Waals surface area contributed by atoms with Gasteiger partial charge in [0.25, 0.3) is 0 Å². The second-order valence-electron chi connectivity index (χ2n) is 6.10. The first-order valence-electron chi connectivity index (χ1n) is 8.19. The summed E-state index contributed by atoms with van der Waals surface area (Å²) < 4.78 is 14.3. The highest BCUT2D eigenvalue weighted by atomic mass is 35.5. The van der Waals surface area contributed by atoms with E-state index in [0.717, 1.165) is 22.5 Å². The van der Waals surface area contributed by atoms with Crippen LogP contribution in [-0.2, 0) is 0 Å². The van der Waals surface area contributed by atoms with Crippen molar-refractivity contribution < 1.29 is 4.39 Å². The van der Waals surface area contributed by atoms with E-state index in [1.807, 2.05) is 13.0 Å². The van der Waals surface area contributed by atoms with Crippen molar-refractivity contribution in [2.75, 3.05) is 5.32 Å². The van der Waals surface area contributed by atoms with Crippen molar-refractivity contribution in [3.8, 4) is 11.3 Å². The molecule has 0 fully saturated rings. The van der Waals surface area contributed by atoms with Crippen LogP contribution in [0.15, 0.2) is 55.6 Å². The lowest BCUT2D eigenvalue weighted by molar-refractivity contribution is 0.631. The molecule has 0 saturated heterocycles. The van der Waals surface area contributed by atoms with Crippen LogP contribution in [0.3, 0.4) is 0 Å². The van der Waals surface area contributed by atoms with E-state index >= 15 is 0 Å². The molecule has 4 aromatic rings. The number of nitrogens with zero attached hydrogens (tertiary/aromatic N) is 3. The van der Waals surface area contributed by atoms with Gasteiger partial charge >= 0.3 is 0 Å². The molecule has 3 heterocycles. The number of pyridine rings is 2. The van der Waals surface area contributed by atoms with Gasteiger partial charge < -0.3 is 10.3 Å². The Morgan fingerprint density at radius 1 is 1.15 bits per heavy atom. The number of anilines is 2. The molecule has 0 aliphatic heterocycles. The van der Waals surface area contributed by atoms with Crippen molar-refractivity contribution in [1.82, 2.24) is 19.9 Å². The molecule has 27 heavy (non-hydrogen) atoms. The third-order valence-corrected chi connectivity index (χ3v) is 4.39. The second-order valence-corrected chi connectivity index (χ2v) is 6.54. The molecule has 0 spiro atoms. The van der Waals surface area contributed by atoms with E-state index in [-0.39, 0.29) is 5.82 Å². The van der Waals surface area contributed by atoms with Gasteiger partial charge in [-0.15, -0.1) is 0 Å². The number of hydrogen-bond donors (Lipinski definition) is 2. The predicted molar refractivity (Wildman–Crippen MR) is 107 cm³/mol. The Kier molecular flexibility index (Phi) is 4.33.